The number of ether oxygens (including phenoxy) is 1. The first-order valence-electron chi connectivity index (χ1n) is 8.84. The van der Waals surface area contributed by atoms with Gasteiger partial charge in [-0.3, -0.25) is 9.13 Å². The number of aryl methyl sites for hydroxylation is 2. The number of benzene rings is 2. The number of carbonyl (C=O) groups excluding carboxylic acids is 1. The Morgan fingerprint density at radius 2 is 1.70 bits per heavy atom. The number of fused-ring (bicyclic) bond motifs is 1. The van der Waals surface area contributed by atoms with Crippen molar-refractivity contribution in [3.05, 3.63) is 52.9 Å². The van der Waals surface area contributed by atoms with E-state index in [-0.39, 0.29) is 11.7 Å². The summed E-state index contributed by atoms with van der Waals surface area (Å²) in [6.07, 6.45) is 0. The molecule has 142 valence electrons. The first-order valence-corrected chi connectivity index (χ1v) is 8.84. The van der Waals surface area contributed by atoms with Gasteiger partial charge in [0.1, 0.15) is 5.75 Å². The minimum absolute atomic E-state index is 0.142. The van der Waals surface area contributed by atoms with Gasteiger partial charge in [0.25, 0.3) is 0 Å². The molecule has 1 heterocycles. The van der Waals surface area contributed by atoms with E-state index in [0.717, 1.165) is 5.52 Å². The SMILES string of the molecule is CC(C)CNC(=O)Nc1cc2c(cc1Oc1ccccc1)n(C)c(=O)n2C. The number of amides is 2. The predicted octanol–water partition coefficient (Wildman–Crippen LogP) is 3.45. The average Bonchev–Trinajstić information content (AvgIpc) is 2.85. The zero-order valence-electron chi connectivity index (χ0n) is 15.9. The number of carbonyl (C=O) groups is 1. The van der Waals surface area contributed by atoms with Gasteiger partial charge in [0.15, 0.2) is 5.75 Å². The molecule has 3 rings (SSSR count). The molecule has 0 bridgehead atoms. The lowest BCUT2D eigenvalue weighted by atomic mass is 10.2. The first-order chi connectivity index (χ1) is 12.9. The van der Waals surface area contributed by atoms with E-state index in [1.54, 1.807) is 35.4 Å². The van der Waals surface area contributed by atoms with E-state index in [2.05, 4.69) is 10.6 Å². The number of aromatic nitrogens is 2. The number of nitrogens with one attached hydrogen (secondary N) is 2. The maximum absolute atomic E-state index is 12.3. The largest absolute Gasteiger partial charge is 0.455 e. The summed E-state index contributed by atoms with van der Waals surface area (Å²) in [7, 11) is 3.41. The molecule has 27 heavy (non-hydrogen) atoms. The molecule has 0 aliphatic carbocycles. The molecule has 0 spiro atoms. The minimum atomic E-state index is -0.318. The third kappa shape index (κ3) is 3.97. The smallest absolute Gasteiger partial charge is 0.328 e. The van der Waals surface area contributed by atoms with Gasteiger partial charge < -0.3 is 15.4 Å². The van der Waals surface area contributed by atoms with Crippen LogP contribution in [0.3, 0.4) is 0 Å². The van der Waals surface area contributed by atoms with Crippen LogP contribution in [0.15, 0.2) is 47.3 Å². The standard InChI is InChI=1S/C20H24N4O3/c1-13(2)12-21-19(25)22-15-10-16-17(24(4)20(26)23(16)3)11-18(15)27-14-8-6-5-7-9-14/h5-11,13H,12H2,1-4H3,(H2,21,22,25). The number of nitrogens with zero attached hydrogens (tertiary/aromatic N) is 2. The van der Waals surface area contributed by atoms with Crippen molar-refractivity contribution in [1.82, 2.24) is 14.5 Å². The molecule has 3 aromatic rings. The maximum atomic E-state index is 12.3. The Bertz CT molecular complexity index is 1020. The zero-order valence-corrected chi connectivity index (χ0v) is 15.9. The van der Waals surface area contributed by atoms with E-state index in [9.17, 15) is 9.59 Å². The lowest BCUT2D eigenvalue weighted by molar-refractivity contribution is 0.251. The second-order valence-electron chi connectivity index (χ2n) is 6.88. The van der Waals surface area contributed by atoms with Gasteiger partial charge in [-0.2, -0.15) is 0 Å². The molecule has 0 saturated heterocycles. The summed E-state index contributed by atoms with van der Waals surface area (Å²) in [6, 6.07) is 12.5. The van der Waals surface area contributed by atoms with E-state index in [0.29, 0.717) is 35.2 Å². The summed E-state index contributed by atoms with van der Waals surface area (Å²) in [4.78, 5) is 24.5. The highest BCUT2D eigenvalue weighted by Gasteiger charge is 2.16. The van der Waals surface area contributed by atoms with E-state index < -0.39 is 0 Å². The lowest BCUT2D eigenvalue weighted by Crippen LogP contribution is -2.31. The fraction of sp³-hybridized carbons (Fsp3) is 0.300. The van der Waals surface area contributed by atoms with Crippen LogP contribution in [0.4, 0.5) is 10.5 Å². The average molecular weight is 368 g/mol. The summed E-state index contributed by atoms with van der Waals surface area (Å²) in [5.74, 6) is 1.45. The fourth-order valence-corrected chi connectivity index (χ4v) is 2.79. The second kappa shape index (κ2) is 7.57. The van der Waals surface area contributed by atoms with Crippen molar-refractivity contribution in [2.45, 2.75) is 13.8 Å². The van der Waals surface area contributed by atoms with Gasteiger partial charge >= 0.3 is 11.7 Å². The number of rotatable bonds is 5. The molecule has 7 heteroatoms. The molecule has 2 N–H and O–H groups in total. The molecular weight excluding hydrogens is 344 g/mol. The van der Waals surface area contributed by atoms with Crippen LogP contribution in [0, 0.1) is 5.92 Å². The summed E-state index contributed by atoms with van der Waals surface area (Å²) in [5, 5.41) is 5.66. The quantitative estimate of drug-likeness (QED) is 0.724. The van der Waals surface area contributed by atoms with Crippen LogP contribution in [-0.4, -0.2) is 21.7 Å². The minimum Gasteiger partial charge on any atom is -0.455 e. The molecule has 0 saturated carbocycles. The van der Waals surface area contributed by atoms with E-state index in [1.165, 1.54) is 0 Å². The van der Waals surface area contributed by atoms with E-state index in [4.69, 9.17) is 4.74 Å². The van der Waals surface area contributed by atoms with Gasteiger partial charge in [-0.05, 0) is 24.1 Å². The van der Waals surface area contributed by atoms with Crippen molar-refractivity contribution in [3.8, 4) is 11.5 Å². The van der Waals surface area contributed by atoms with Crippen LogP contribution < -0.4 is 21.1 Å². The Morgan fingerprint density at radius 1 is 1.07 bits per heavy atom. The van der Waals surface area contributed by atoms with Crippen LogP contribution >= 0.6 is 0 Å². The van der Waals surface area contributed by atoms with Crippen LogP contribution in [-0.2, 0) is 14.1 Å². The van der Waals surface area contributed by atoms with Crippen molar-refractivity contribution in [1.29, 1.82) is 0 Å². The van der Waals surface area contributed by atoms with Gasteiger partial charge in [-0.25, -0.2) is 9.59 Å². The number of urea groups is 1. The van der Waals surface area contributed by atoms with Gasteiger partial charge in [0.2, 0.25) is 0 Å². The Hall–Kier alpha value is -3.22. The third-order valence-corrected chi connectivity index (χ3v) is 4.26. The Morgan fingerprint density at radius 3 is 2.33 bits per heavy atom. The Balaban J connectivity index is 2.02. The molecule has 2 amide bonds. The molecule has 0 aliphatic heterocycles. The van der Waals surface area contributed by atoms with E-state index >= 15 is 0 Å². The van der Waals surface area contributed by atoms with E-state index in [1.807, 2.05) is 44.2 Å². The fourth-order valence-electron chi connectivity index (χ4n) is 2.79. The maximum Gasteiger partial charge on any atom is 0.328 e. The number of anilines is 1. The zero-order chi connectivity index (χ0) is 19.6. The first kappa shape index (κ1) is 18.6. The Kier molecular flexibility index (Phi) is 5.21. The summed E-state index contributed by atoms with van der Waals surface area (Å²) >= 11 is 0. The van der Waals surface area contributed by atoms with Crippen LogP contribution in [0.2, 0.25) is 0 Å². The summed E-state index contributed by atoms with van der Waals surface area (Å²) in [6.45, 7) is 4.61. The van der Waals surface area contributed by atoms with Crippen molar-refractivity contribution >= 4 is 22.8 Å². The van der Waals surface area contributed by atoms with Gasteiger partial charge in [-0.15, -0.1) is 0 Å². The summed E-state index contributed by atoms with van der Waals surface area (Å²) in [5.41, 5.74) is 1.79. The van der Waals surface area contributed by atoms with Crippen molar-refractivity contribution in [2.75, 3.05) is 11.9 Å². The molecule has 0 radical (unpaired) electrons. The van der Waals surface area contributed by atoms with Crippen molar-refractivity contribution in [2.24, 2.45) is 20.0 Å². The van der Waals surface area contributed by atoms with Crippen LogP contribution in [0.1, 0.15) is 13.8 Å². The normalized spacial score (nSPS) is 11.0. The monoisotopic (exact) mass is 368 g/mol. The number of hydrogen-bond acceptors (Lipinski definition) is 3. The second-order valence-corrected chi connectivity index (χ2v) is 6.88. The lowest BCUT2D eigenvalue weighted by Gasteiger charge is -2.14. The van der Waals surface area contributed by atoms with Gasteiger partial charge in [0.05, 0.1) is 16.7 Å². The highest BCUT2D eigenvalue weighted by Crippen LogP contribution is 2.33. The van der Waals surface area contributed by atoms with Gasteiger partial charge in [0, 0.05) is 26.7 Å². The topological polar surface area (TPSA) is 77.3 Å². The molecule has 0 unspecified atom stereocenters. The van der Waals surface area contributed by atoms with Crippen LogP contribution in [0.5, 0.6) is 11.5 Å². The molecule has 7 nitrogen and oxygen atoms in total. The molecule has 2 aromatic carbocycles. The number of hydrogen-bond donors (Lipinski definition) is 2. The van der Waals surface area contributed by atoms with Crippen molar-refractivity contribution < 1.29 is 9.53 Å². The molecule has 1 aromatic heterocycles. The number of imidazole rings is 1. The molecule has 0 atom stereocenters. The van der Waals surface area contributed by atoms with Crippen LogP contribution in [0.25, 0.3) is 11.0 Å². The molecule has 0 fully saturated rings. The number of para-hydroxylation sites is 1. The molecular formula is C20H24N4O3. The highest BCUT2D eigenvalue weighted by atomic mass is 16.5. The predicted molar refractivity (Wildman–Crippen MR) is 107 cm³/mol. The van der Waals surface area contributed by atoms with Gasteiger partial charge in [-0.1, -0.05) is 32.0 Å². The summed E-state index contributed by atoms with van der Waals surface area (Å²) < 4.78 is 9.07. The molecule has 0 aliphatic rings. The third-order valence-electron chi connectivity index (χ3n) is 4.26. The Labute approximate surface area is 157 Å². The van der Waals surface area contributed by atoms with Crippen molar-refractivity contribution in [3.63, 3.8) is 0 Å². The highest BCUT2D eigenvalue weighted by molar-refractivity contribution is 5.94.